The van der Waals surface area contributed by atoms with Gasteiger partial charge in [-0.1, -0.05) is 28.4 Å². The predicted molar refractivity (Wildman–Crippen MR) is 94.2 cm³/mol. The molecule has 2 aliphatic carbocycles. The molecule has 0 radical (unpaired) electrons. The molecule has 23 heavy (non-hydrogen) atoms. The number of rotatable bonds is 5. The van der Waals surface area contributed by atoms with Crippen LogP contribution in [0.1, 0.15) is 38.5 Å². The molecule has 0 heterocycles. The van der Waals surface area contributed by atoms with Gasteiger partial charge in [-0.05, 0) is 55.7 Å². The minimum absolute atomic E-state index is 0.0948. The van der Waals surface area contributed by atoms with Crippen LogP contribution >= 0.6 is 15.9 Å². The minimum atomic E-state index is 0.0948. The van der Waals surface area contributed by atoms with E-state index in [0.29, 0.717) is 36.9 Å². The number of nitrogens with one attached hydrogen (secondary N) is 1. The van der Waals surface area contributed by atoms with Gasteiger partial charge in [-0.3, -0.25) is 4.79 Å². The lowest BCUT2D eigenvalue weighted by Gasteiger charge is -2.45. The van der Waals surface area contributed by atoms with Crippen LogP contribution in [0.15, 0.2) is 28.7 Å². The van der Waals surface area contributed by atoms with Crippen LogP contribution in [-0.4, -0.2) is 24.6 Å². The maximum absolute atomic E-state index is 12.2. The maximum Gasteiger partial charge on any atom is 0.223 e. The molecule has 3 rings (SSSR count). The van der Waals surface area contributed by atoms with Crippen molar-refractivity contribution in [3.05, 3.63) is 28.7 Å². The fourth-order valence-electron chi connectivity index (χ4n) is 4.10. The third-order valence-corrected chi connectivity index (χ3v) is 5.59. The summed E-state index contributed by atoms with van der Waals surface area (Å²) in [5, 5.41) is 3.26. The molecule has 2 aliphatic rings. The van der Waals surface area contributed by atoms with Gasteiger partial charge in [0.15, 0.2) is 0 Å². The molecule has 126 valence electrons. The van der Waals surface area contributed by atoms with Crippen LogP contribution in [-0.2, 0) is 4.79 Å². The lowest BCUT2D eigenvalue weighted by Crippen LogP contribution is -2.53. The Morgan fingerprint density at radius 1 is 1.30 bits per heavy atom. The zero-order valence-corrected chi connectivity index (χ0v) is 14.9. The Morgan fingerprint density at radius 3 is 2.74 bits per heavy atom. The topological polar surface area (TPSA) is 64.3 Å². The highest BCUT2D eigenvalue weighted by molar-refractivity contribution is 9.10. The van der Waals surface area contributed by atoms with Gasteiger partial charge >= 0.3 is 0 Å². The van der Waals surface area contributed by atoms with Crippen LogP contribution in [0, 0.1) is 11.8 Å². The molecular formula is C18H25BrN2O2. The van der Waals surface area contributed by atoms with Crippen LogP contribution in [0.4, 0.5) is 0 Å². The number of hydrogen-bond acceptors (Lipinski definition) is 3. The second-order valence-electron chi connectivity index (χ2n) is 6.83. The molecule has 1 amide bonds. The molecule has 4 nitrogen and oxygen atoms in total. The van der Waals surface area contributed by atoms with E-state index in [2.05, 4.69) is 21.2 Å². The summed E-state index contributed by atoms with van der Waals surface area (Å²) in [6, 6.07) is 8.32. The van der Waals surface area contributed by atoms with Crippen molar-refractivity contribution in [2.45, 2.75) is 50.6 Å². The van der Waals surface area contributed by atoms with Gasteiger partial charge in [0.2, 0.25) is 5.91 Å². The zero-order chi connectivity index (χ0) is 16.2. The summed E-state index contributed by atoms with van der Waals surface area (Å²) < 4.78 is 6.62. The monoisotopic (exact) mass is 380 g/mol. The largest absolute Gasteiger partial charge is 0.493 e. The lowest BCUT2D eigenvalue weighted by atomic mass is 9.67. The summed E-state index contributed by atoms with van der Waals surface area (Å²) in [4.78, 5) is 12.2. The van der Waals surface area contributed by atoms with Gasteiger partial charge in [0, 0.05) is 16.6 Å². The molecule has 2 bridgehead atoms. The summed E-state index contributed by atoms with van der Waals surface area (Å²) in [5.41, 5.74) is 6.14. The first-order valence-electron chi connectivity index (χ1n) is 8.55. The summed E-state index contributed by atoms with van der Waals surface area (Å²) in [7, 11) is 0. The molecule has 2 atom stereocenters. The molecule has 0 saturated heterocycles. The minimum Gasteiger partial charge on any atom is -0.493 e. The van der Waals surface area contributed by atoms with E-state index in [0.717, 1.165) is 23.1 Å². The summed E-state index contributed by atoms with van der Waals surface area (Å²) in [6.45, 7) is 0.407. The smallest absolute Gasteiger partial charge is 0.223 e. The number of amides is 1. The number of carbonyl (C=O) groups excluding carboxylic acids is 1. The third-order valence-electron chi connectivity index (χ3n) is 5.10. The number of nitrogens with two attached hydrogens (primary N) is 1. The molecule has 2 fully saturated rings. The Morgan fingerprint density at radius 2 is 2.04 bits per heavy atom. The Kier molecular flexibility index (Phi) is 5.59. The van der Waals surface area contributed by atoms with Crippen molar-refractivity contribution in [1.82, 2.24) is 5.32 Å². The molecule has 2 saturated carbocycles. The van der Waals surface area contributed by atoms with Crippen molar-refractivity contribution < 1.29 is 9.53 Å². The summed E-state index contributed by atoms with van der Waals surface area (Å²) in [5.74, 6) is 2.00. The first kappa shape index (κ1) is 16.8. The van der Waals surface area contributed by atoms with E-state index in [1.54, 1.807) is 0 Å². The number of hydrogen-bond donors (Lipinski definition) is 2. The van der Waals surface area contributed by atoms with Crippen molar-refractivity contribution in [3.63, 3.8) is 0 Å². The first-order chi connectivity index (χ1) is 11.1. The van der Waals surface area contributed by atoms with E-state index in [1.165, 1.54) is 19.3 Å². The normalized spacial score (nSPS) is 29.8. The number of ether oxygens (including phenoxy) is 1. The van der Waals surface area contributed by atoms with Gasteiger partial charge in [-0.25, -0.2) is 0 Å². The summed E-state index contributed by atoms with van der Waals surface area (Å²) in [6.07, 6.45) is 6.17. The Balaban J connectivity index is 1.46. The molecule has 1 aromatic carbocycles. The number of benzene rings is 1. The molecule has 0 aromatic heterocycles. The van der Waals surface area contributed by atoms with Gasteiger partial charge in [-0.2, -0.15) is 0 Å². The first-order valence-corrected chi connectivity index (χ1v) is 9.34. The van der Waals surface area contributed by atoms with Gasteiger partial charge in [0.25, 0.3) is 0 Å². The Bertz CT molecular complexity index is 538. The Hall–Kier alpha value is -1.07. The molecular weight excluding hydrogens is 356 g/mol. The van der Waals surface area contributed by atoms with Crippen molar-refractivity contribution in [2.24, 2.45) is 17.6 Å². The van der Waals surface area contributed by atoms with Crippen LogP contribution in [0.2, 0.25) is 0 Å². The fourth-order valence-corrected chi connectivity index (χ4v) is 4.48. The van der Waals surface area contributed by atoms with Crippen molar-refractivity contribution in [3.8, 4) is 5.75 Å². The highest BCUT2D eigenvalue weighted by Gasteiger charge is 2.39. The zero-order valence-electron chi connectivity index (χ0n) is 13.3. The second-order valence-corrected chi connectivity index (χ2v) is 7.75. The van der Waals surface area contributed by atoms with E-state index in [9.17, 15) is 4.79 Å². The quantitative estimate of drug-likeness (QED) is 0.823. The third kappa shape index (κ3) is 4.48. The van der Waals surface area contributed by atoms with E-state index in [1.807, 2.05) is 24.3 Å². The average molecular weight is 381 g/mol. The molecule has 0 aliphatic heterocycles. The molecule has 1 aromatic rings. The second kappa shape index (κ2) is 7.67. The fraction of sp³-hybridized carbons (Fsp3) is 0.611. The lowest BCUT2D eigenvalue weighted by molar-refractivity contribution is -0.123. The van der Waals surface area contributed by atoms with Gasteiger partial charge in [0.05, 0.1) is 13.0 Å². The number of fused-ring (bicyclic) bond motifs is 2. The molecule has 3 N–H and O–H groups in total. The van der Waals surface area contributed by atoms with Gasteiger partial charge in [0.1, 0.15) is 5.75 Å². The van der Waals surface area contributed by atoms with E-state index < -0.39 is 0 Å². The Labute approximate surface area is 146 Å². The SMILES string of the molecule is NC1CC2CCCC(C1)C2NC(=O)CCOc1cccc(Br)c1. The van der Waals surface area contributed by atoms with E-state index in [4.69, 9.17) is 10.5 Å². The highest BCUT2D eigenvalue weighted by atomic mass is 79.9. The van der Waals surface area contributed by atoms with E-state index in [-0.39, 0.29) is 5.91 Å². The molecule has 0 spiro atoms. The van der Waals surface area contributed by atoms with E-state index >= 15 is 0 Å². The predicted octanol–water partition coefficient (Wildman–Crippen LogP) is 3.24. The van der Waals surface area contributed by atoms with Crippen molar-refractivity contribution in [1.29, 1.82) is 0 Å². The summed E-state index contributed by atoms with van der Waals surface area (Å²) >= 11 is 3.41. The van der Waals surface area contributed by atoms with Gasteiger partial charge in [-0.15, -0.1) is 0 Å². The van der Waals surface area contributed by atoms with Gasteiger partial charge < -0.3 is 15.8 Å². The number of halogens is 1. The van der Waals surface area contributed by atoms with Crippen LogP contribution < -0.4 is 15.8 Å². The maximum atomic E-state index is 12.2. The van der Waals surface area contributed by atoms with Crippen LogP contribution in [0.3, 0.4) is 0 Å². The number of carbonyl (C=O) groups is 1. The standard InChI is InChI=1S/C18H25BrN2O2/c19-14-5-2-6-16(11-14)23-8-7-17(22)21-18-12-3-1-4-13(18)10-15(20)9-12/h2,5-6,11-13,15,18H,1,3-4,7-10,20H2,(H,21,22). The average Bonchev–Trinajstić information content (AvgIpc) is 2.48. The molecule has 5 heteroatoms. The van der Waals surface area contributed by atoms with Crippen LogP contribution in [0.25, 0.3) is 0 Å². The highest BCUT2D eigenvalue weighted by Crippen LogP contribution is 2.39. The van der Waals surface area contributed by atoms with Crippen molar-refractivity contribution >= 4 is 21.8 Å². The van der Waals surface area contributed by atoms with Crippen LogP contribution in [0.5, 0.6) is 5.75 Å². The molecule has 2 unspecified atom stereocenters. The van der Waals surface area contributed by atoms with Crippen molar-refractivity contribution in [2.75, 3.05) is 6.61 Å².